The van der Waals surface area contributed by atoms with Gasteiger partial charge in [0.1, 0.15) is 0 Å². The normalized spacial score (nSPS) is 11.5. The fourth-order valence-corrected chi connectivity index (χ4v) is 2.27. The summed E-state index contributed by atoms with van der Waals surface area (Å²) in [6.45, 7) is 12.7. The highest BCUT2D eigenvalue weighted by Gasteiger charge is 2.28. The van der Waals surface area contributed by atoms with Crippen LogP contribution in [-0.2, 0) is 14.9 Å². The third-order valence-corrected chi connectivity index (χ3v) is 3.58. The van der Waals surface area contributed by atoms with Crippen LogP contribution in [0.15, 0.2) is 18.2 Å². The molecule has 0 saturated heterocycles. The molecule has 0 spiro atoms. The Balaban J connectivity index is 3.22. The van der Waals surface area contributed by atoms with Gasteiger partial charge in [0, 0.05) is 0 Å². The Labute approximate surface area is 145 Å². The predicted molar refractivity (Wildman–Crippen MR) is 95.5 cm³/mol. The van der Waals surface area contributed by atoms with Crippen molar-refractivity contribution >= 4 is 11.9 Å². The van der Waals surface area contributed by atoms with E-state index in [9.17, 15) is 9.59 Å². The molecule has 0 radical (unpaired) electrons. The van der Waals surface area contributed by atoms with Crippen LogP contribution in [-0.4, -0.2) is 25.2 Å². The predicted octanol–water partition coefficient (Wildman–Crippen LogP) is 4.75. The molecule has 0 unspecified atom stereocenters. The summed E-state index contributed by atoms with van der Waals surface area (Å²) in [6.07, 6.45) is 1.75. The van der Waals surface area contributed by atoms with E-state index in [1.54, 1.807) is 12.1 Å². The van der Waals surface area contributed by atoms with Crippen molar-refractivity contribution in [1.29, 1.82) is 0 Å². The summed E-state index contributed by atoms with van der Waals surface area (Å²) in [6, 6.07) is 5.29. The third-order valence-electron chi connectivity index (χ3n) is 3.58. The highest BCUT2D eigenvalue weighted by molar-refractivity contribution is 6.04. The van der Waals surface area contributed by atoms with Gasteiger partial charge in [-0.2, -0.15) is 0 Å². The first-order valence-corrected chi connectivity index (χ1v) is 8.66. The average molecular weight is 334 g/mol. The van der Waals surface area contributed by atoms with E-state index in [-0.39, 0.29) is 16.9 Å². The molecule has 0 aliphatic heterocycles. The highest BCUT2D eigenvalue weighted by Crippen LogP contribution is 2.29. The number of carbonyl (C=O) groups is 2. The number of ether oxygens (including phenoxy) is 2. The Bertz CT molecular complexity index is 567. The fourth-order valence-electron chi connectivity index (χ4n) is 2.27. The monoisotopic (exact) mass is 334 g/mol. The summed E-state index contributed by atoms with van der Waals surface area (Å²) >= 11 is 0. The number of rotatable bonds is 7. The molecule has 0 saturated carbocycles. The van der Waals surface area contributed by atoms with Crippen LogP contribution in [0.1, 0.15) is 80.7 Å². The van der Waals surface area contributed by atoms with Gasteiger partial charge < -0.3 is 9.47 Å². The molecule has 0 N–H and O–H groups in total. The zero-order chi connectivity index (χ0) is 18.3. The number of carbonyl (C=O) groups excluding carboxylic acids is 2. The van der Waals surface area contributed by atoms with Crippen molar-refractivity contribution in [3.8, 4) is 0 Å². The van der Waals surface area contributed by atoms with Crippen LogP contribution in [0.5, 0.6) is 0 Å². The van der Waals surface area contributed by atoms with Crippen LogP contribution >= 0.6 is 0 Å². The van der Waals surface area contributed by atoms with Gasteiger partial charge in [0.25, 0.3) is 0 Å². The Kier molecular flexibility index (Phi) is 7.46. The number of benzene rings is 1. The quantitative estimate of drug-likeness (QED) is 0.533. The molecular formula is C20H30O4. The first-order chi connectivity index (χ1) is 11.2. The molecule has 24 heavy (non-hydrogen) atoms. The summed E-state index contributed by atoms with van der Waals surface area (Å²) in [7, 11) is 0. The lowest BCUT2D eigenvalue weighted by Crippen LogP contribution is -2.23. The second-order valence-corrected chi connectivity index (χ2v) is 7.46. The number of hydrogen-bond acceptors (Lipinski definition) is 4. The molecule has 0 fully saturated rings. The van der Waals surface area contributed by atoms with E-state index < -0.39 is 11.9 Å². The molecule has 1 aromatic carbocycles. The van der Waals surface area contributed by atoms with E-state index >= 15 is 0 Å². The second-order valence-electron chi connectivity index (χ2n) is 7.46. The van der Waals surface area contributed by atoms with E-state index in [0.29, 0.717) is 18.8 Å². The topological polar surface area (TPSA) is 52.6 Å². The molecule has 0 aromatic heterocycles. The second kappa shape index (κ2) is 8.86. The fraction of sp³-hybridized carbons (Fsp3) is 0.600. The van der Waals surface area contributed by atoms with Gasteiger partial charge in [-0.1, -0.05) is 60.1 Å². The summed E-state index contributed by atoms with van der Waals surface area (Å²) in [5.74, 6) is -0.696. The maximum absolute atomic E-state index is 12.6. The van der Waals surface area contributed by atoms with E-state index in [1.165, 1.54) is 0 Å². The molecule has 1 rings (SSSR count). The van der Waals surface area contributed by atoms with Crippen LogP contribution in [0.4, 0.5) is 0 Å². The van der Waals surface area contributed by atoms with Crippen molar-refractivity contribution < 1.29 is 19.1 Å². The van der Waals surface area contributed by atoms with Gasteiger partial charge in [0.15, 0.2) is 0 Å². The Morgan fingerprint density at radius 1 is 1.08 bits per heavy atom. The van der Waals surface area contributed by atoms with E-state index in [2.05, 4.69) is 0 Å². The van der Waals surface area contributed by atoms with Crippen LogP contribution < -0.4 is 0 Å². The lowest BCUT2D eigenvalue weighted by Gasteiger charge is -2.24. The largest absolute Gasteiger partial charge is 0.462 e. The van der Waals surface area contributed by atoms with Crippen LogP contribution in [0.3, 0.4) is 0 Å². The smallest absolute Gasteiger partial charge is 0.339 e. The van der Waals surface area contributed by atoms with Crippen molar-refractivity contribution in [2.45, 2.75) is 59.8 Å². The molecule has 0 aliphatic rings. The first-order valence-electron chi connectivity index (χ1n) is 8.66. The minimum atomic E-state index is -0.467. The van der Waals surface area contributed by atoms with Crippen LogP contribution in [0, 0.1) is 5.92 Å². The Morgan fingerprint density at radius 3 is 2.29 bits per heavy atom. The summed E-state index contributed by atoms with van der Waals surface area (Å²) in [5.41, 5.74) is 1.12. The van der Waals surface area contributed by atoms with E-state index in [4.69, 9.17) is 9.47 Å². The first kappa shape index (κ1) is 20.2. The molecule has 0 atom stereocenters. The van der Waals surface area contributed by atoms with Crippen molar-refractivity contribution in [2.75, 3.05) is 13.2 Å². The van der Waals surface area contributed by atoms with Crippen molar-refractivity contribution in [3.63, 3.8) is 0 Å². The molecule has 0 aliphatic carbocycles. The molecule has 0 heterocycles. The summed E-state index contributed by atoms with van der Waals surface area (Å²) in [4.78, 5) is 25.1. The molecule has 4 heteroatoms. The van der Waals surface area contributed by atoms with E-state index in [1.807, 2.05) is 47.6 Å². The lowest BCUT2D eigenvalue weighted by atomic mass is 9.82. The van der Waals surface area contributed by atoms with Gasteiger partial charge in [0.2, 0.25) is 0 Å². The van der Waals surface area contributed by atoms with Crippen molar-refractivity contribution in [2.24, 2.45) is 5.92 Å². The van der Waals surface area contributed by atoms with Gasteiger partial charge in [-0.3, -0.25) is 0 Å². The van der Waals surface area contributed by atoms with Crippen molar-refractivity contribution in [3.05, 3.63) is 34.9 Å². The van der Waals surface area contributed by atoms with Crippen LogP contribution in [0.25, 0.3) is 0 Å². The maximum atomic E-state index is 12.6. The molecule has 0 bridgehead atoms. The maximum Gasteiger partial charge on any atom is 0.339 e. The van der Waals surface area contributed by atoms with Gasteiger partial charge in [-0.05, 0) is 29.4 Å². The van der Waals surface area contributed by atoms with Gasteiger partial charge in [-0.15, -0.1) is 0 Å². The highest BCUT2D eigenvalue weighted by atomic mass is 16.5. The molecular weight excluding hydrogens is 304 g/mol. The number of esters is 2. The molecule has 1 aromatic rings. The van der Waals surface area contributed by atoms with Gasteiger partial charge in [0.05, 0.1) is 24.3 Å². The number of hydrogen-bond donors (Lipinski definition) is 0. The van der Waals surface area contributed by atoms with Crippen LogP contribution in [0.2, 0.25) is 0 Å². The SMILES string of the molecule is CCCCOC(=O)c1cccc(C(C)(C)C)c1C(=O)OCC(C)C. The zero-order valence-electron chi connectivity index (χ0n) is 15.8. The van der Waals surface area contributed by atoms with Crippen molar-refractivity contribution in [1.82, 2.24) is 0 Å². The zero-order valence-corrected chi connectivity index (χ0v) is 15.8. The molecule has 0 amide bonds. The Hall–Kier alpha value is -1.84. The summed E-state index contributed by atoms with van der Waals surface area (Å²) < 4.78 is 10.7. The third kappa shape index (κ3) is 5.66. The van der Waals surface area contributed by atoms with Gasteiger partial charge >= 0.3 is 11.9 Å². The summed E-state index contributed by atoms with van der Waals surface area (Å²) in [5, 5.41) is 0. The van der Waals surface area contributed by atoms with Gasteiger partial charge in [-0.25, -0.2) is 9.59 Å². The minimum absolute atomic E-state index is 0.232. The lowest BCUT2D eigenvalue weighted by molar-refractivity contribution is 0.0425. The van der Waals surface area contributed by atoms with E-state index in [0.717, 1.165) is 18.4 Å². The minimum Gasteiger partial charge on any atom is -0.462 e. The molecule has 134 valence electrons. The standard InChI is InChI=1S/C20H30O4/c1-7-8-12-23-18(21)15-10-9-11-16(20(4,5)6)17(15)19(22)24-13-14(2)3/h9-11,14H,7-8,12-13H2,1-6H3. The number of unbranched alkanes of at least 4 members (excludes halogenated alkanes) is 1. The Morgan fingerprint density at radius 2 is 1.75 bits per heavy atom. The molecule has 4 nitrogen and oxygen atoms in total. The average Bonchev–Trinajstić information content (AvgIpc) is 2.51.